The van der Waals surface area contributed by atoms with Crippen LogP contribution in [0.25, 0.3) is 0 Å². The van der Waals surface area contributed by atoms with E-state index in [0.717, 1.165) is 18.4 Å². The van der Waals surface area contributed by atoms with Gasteiger partial charge in [-0.3, -0.25) is 4.79 Å². The van der Waals surface area contributed by atoms with Crippen molar-refractivity contribution in [2.24, 2.45) is 5.41 Å². The summed E-state index contributed by atoms with van der Waals surface area (Å²) < 4.78 is 0. The van der Waals surface area contributed by atoms with Crippen LogP contribution in [0.2, 0.25) is 0 Å². The molecule has 0 heterocycles. The highest BCUT2D eigenvalue weighted by Crippen LogP contribution is 2.36. The number of nitrogens with one attached hydrogen (secondary N) is 2. The summed E-state index contributed by atoms with van der Waals surface area (Å²) in [5.74, 6) is -0.837. The minimum absolute atomic E-state index is 0.307. The molecule has 1 fully saturated rings. The van der Waals surface area contributed by atoms with Crippen molar-refractivity contribution in [2.75, 3.05) is 0 Å². The second-order valence-electron chi connectivity index (χ2n) is 5.83. The minimum atomic E-state index is -0.873. The van der Waals surface area contributed by atoms with Gasteiger partial charge in [0.15, 0.2) is 0 Å². The molecule has 2 amide bonds. The summed E-state index contributed by atoms with van der Waals surface area (Å²) in [6, 6.07) is 8.99. The van der Waals surface area contributed by atoms with E-state index in [1.54, 1.807) is 6.92 Å². The Bertz CT molecular complexity index is 504. The van der Waals surface area contributed by atoms with Crippen molar-refractivity contribution < 1.29 is 14.7 Å². The summed E-state index contributed by atoms with van der Waals surface area (Å²) in [4.78, 5) is 23.5. The predicted molar refractivity (Wildman–Crippen MR) is 79.8 cm³/mol. The lowest BCUT2D eigenvalue weighted by molar-refractivity contribution is -0.151. The van der Waals surface area contributed by atoms with Crippen LogP contribution in [0.4, 0.5) is 4.79 Å². The summed E-state index contributed by atoms with van der Waals surface area (Å²) in [6.45, 7) is 2.15. The van der Waals surface area contributed by atoms with E-state index in [9.17, 15) is 14.7 Å². The summed E-state index contributed by atoms with van der Waals surface area (Å²) in [6.07, 6.45) is 3.16. The van der Waals surface area contributed by atoms with E-state index in [1.807, 2.05) is 30.3 Å². The number of carboxylic acids is 1. The maximum Gasteiger partial charge on any atom is 0.315 e. The van der Waals surface area contributed by atoms with Crippen LogP contribution >= 0.6 is 0 Å². The zero-order valence-corrected chi connectivity index (χ0v) is 12.3. The average Bonchev–Trinajstić information content (AvgIpc) is 2.48. The molecule has 1 aliphatic carbocycles. The Hall–Kier alpha value is -2.04. The second kappa shape index (κ2) is 6.61. The molecule has 0 radical (unpaired) electrons. The highest BCUT2D eigenvalue weighted by Gasteiger charge is 2.43. The van der Waals surface area contributed by atoms with E-state index in [1.165, 1.54) is 0 Å². The topological polar surface area (TPSA) is 78.4 Å². The van der Waals surface area contributed by atoms with Crippen LogP contribution in [0.1, 0.15) is 38.2 Å². The van der Waals surface area contributed by atoms with Crippen LogP contribution in [0.5, 0.6) is 0 Å². The molecule has 5 heteroatoms. The van der Waals surface area contributed by atoms with Crippen LogP contribution in [0.15, 0.2) is 30.3 Å². The Kier molecular flexibility index (Phi) is 4.83. The largest absolute Gasteiger partial charge is 0.481 e. The number of carbonyl (C=O) groups is 2. The lowest BCUT2D eigenvalue weighted by atomic mass is 9.72. The first-order valence-corrected chi connectivity index (χ1v) is 7.34. The van der Waals surface area contributed by atoms with Crippen LogP contribution < -0.4 is 10.6 Å². The van der Waals surface area contributed by atoms with Gasteiger partial charge in [-0.1, -0.05) is 43.2 Å². The fraction of sp³-hybridized carbons (Fsp3) is 0.500. The Balaban J connectivity index is 1.90. The third-order valence-corrected chi connectivity index (χ3v) is 4.30. The molecule has 2 rings (SSSR count). The number of carboxylic acid groups (broad SMARTS) is 1. The Morgan fingerprint density at radius 1 is 1.29 bits per heavy atom. The Morgan fingerprint density at radius 3 is 2.67 bits per heavy atom. The van der Waals surface area contributed by atoms with Gasteiger partial charge >= 0.3 is 12.0 Å². The quantitative estimate of drug-likeness (QED) is 0.797. The highest BCUT2D eigenvalue weighted by molar-refractivity contribution is 5.79. The molecule has 1 aliphatic rings. The molecule has 0 spiro atoms. The van der Waals surface area contributed by atoms with Crippen molar-refractivity contribution in [3.63, 3.8) is 0 Å². The molecule has 0 saturated heterocycles. The van der Waals surface area contributed by atoms with Gasteiger partial charge < -0.3 is 15.7 Å². The molecule has 1 saturated carbocycles. The Labute approximate surface area is 124 Å². The lowest BCUT2D eigenvalue weighted by Gasteiger charge is -2.38. The van der Waals surface area contributed by atoms with E-state index in [4.69, 9.17) is 0 Å². The second-order valence-corrected chi connectivity index (χ2v) is 5.83. The molecule has 114 valence electrons. The monoisotopic (exact) mass is 290 g/mol. The summed E-state index contributed by atoms with van der Waals surface area (Å²) in [7, 11) is 0. The van der Waals surface area contributed by atoms with Gasteiger partial charge in [0.25, 0.3) is 0 Å². The summed E-state index contributed by atoms with van der Waals surface area (Å²) >= 11 is 0. The third-order valence-electron chi connectivity index (χ3n) is 4.30. The van der Waals surface area contributed by atoms with Crippen LogP contribution in [-0.4, -0.2) is 23.1 Å². The van der Waals surface area contributed by atoms with Gasteiger partial charge in [-0.05, 0) is 25.3 Å². The number of aliphatic carboxylic acids is 1. The van der Waals surface area contributed by atoms with Crippen molar-refractivity contribution in [1.29, 1.82) is 0 Å². The van der Waals surface area contributed by atoms with Crippen molar-refractivity contribution in [3.05, 3.63) is 35.9 Å². The van der Waals surface area contributed by atoms with Gasteiger partial charge in [0.1, 0.15) is 0 Å². The maximum absolute atomic E-state index is 12.0. The standard InChI is InChI=1S/C16H22N2O3/c1-16(14(19)20)10-6-5-9-13(16)18-15(21)17-11-12-7-3-2-4-8-12/h2-4,7-8,13H,5-6,9-11H2,1H3,(H,19,20)(H2,17,18,21). The number of benzene rings is 1. The molecule has 3 N–H and O–H groups in total. The summed E-state index contributed by atoms with van der Waals surface area (Å²) in [5.41, 5.74) is 0.139. The van der Waals surface area contributed by atoms with Crippen LogP contribution in [0, 0.1) is 5.41 Å². The van der Waals surface area contributed by atoms with Crippen molar-refractivity contribution in [3.8, 4) is 0 Å². The van der Waals surface area contributed by atoms with Gasteiger partial charge in [-0.25, -0.2) is 4.79 Å². The molecule has 1 aromatic carbocycles. The van der Waals surface area contributed by atoms with Crippen molar-refractivity contribution in [1.82, 2.24) is 10.6 Å². The predicted octanol–water partition coefficient (Wildman–Crippen LogP) is 2.52. The van der Waals surface area contributed by atoms with E-state index >= 15 is 0 Å². The molecule has 0 aliphatic heterocycles. The van der Waals surface area contributed by atoms with E-state index < -0.39 is 11.4 Å². The third kappa shape index (κ3) is 3.74. The lowest BCUT2D eigenvalue weighted by Crippen LogP contribution is -2.54. The molecule has 1 aromatic rings. The fourth-order valence-electron chi connectivity index (χ4n) is 2.81. The van der Waals surface area contributed by atoms with Crippen LogP contribution in [-0.2, 0) is 11.3 Å². The number of hydrogen-bond acceptors (Lipinski definition) is 2. The van der Waals surface area contributed by atoms with Gasteiger partial charge in [0.05, 0.1) is 5.41 Å². The summed E-state index contributed by atoms with van der Waals surface area (Å²) in [5, 5.41) is 15.0. The first kappa shape index (κ1) is 15.4. The number of carbonyl (C=O) groups excluding carboxylic acids is 1. The molecule has 21 heavy (non-hydrogen) atoms. The van der Waals surface area contributed by atoms with Gasteiger partial charge in [-0.2, -0.15) is 0 Å². The molecule has 5 nitrogen and oxygen atoms in total. The number of rotatable bonds is 4. The highest BCUT2D eigenvalue weighted by atomic mass is 16.4. The van der Waals surface area contributed by atoms with Crippen LogP contribution in [0.3, 0.4) is 0 Å². The van der Waals surface area contributed by atoms with E-state index in [-0.39, 0.29) is 12.1 Å². The molecule has 0 bridgehead atoms. The van der Waals surface area contributed by atoms with Crippen molar-refractivity contribution >= 4 is 12.0 Å². The minimum Gasteiger partial charge on any atom is -0.481 e. The smallest absolute Gasteiger partial charge is 0.315 e. The van der Waals surface area contributed by atoms with E-state index in [2.05, 4.69) is 10.6 Å². The normalized spacial score (nSPS) is 25.1. The molecule has 0 aromatic heterocycles. The van der Waals surface area contributed by atoms with Gasteiger partial charge in [-0.15, -0.1) is 0 Å². The number of amides is 2. The fourth-order valence-corrected chi connectivity index (χ4v) is 2.81. The number of hydrogen-bond donors (Lipinski definition) is 3. The zero-order valence-electron chi connectivity index (χ0n) is 12.3. The number of urea groups is 1. The maximum atomic E-state index is 12.0. The zero-order chi connectivity index (χ0) is 15.3. The van der Waals surface area contributed by atoms with Crippen molar-refractivity contribution in [2.45, 2.75) is 45.2 Å². The first-order valence-electron chi connectivity index (χ1n) is 7.34. The first-order chi connectivity index (χ1) is 10.0. The van der Waals surface area contributed by atoms with Gasteiger partial charge in [0.2, 0.25) is 0 Å². The Morgan fingerprint density at radius 2 is 2.00 bits per heavy atom. The molecular weight excluding hydrogens is 268 g/mol. The average molecular weight is 290 g/mol. The SMILES string of the molecule is CC1(C(=O)O)CCCCC1NC(=O)NCc1ccccc1. The van der Waals surface area contributed by atoms with E-state index in [0.29, 0.717) is 19.4 Å². The molecular formula is C16H22N2O3. The van der Waals surface area contributed by atoms with Gasteiger partial charge in [0, 0.05) is 12.6 Å². The molecule has 2 unspecified atom stereocenters. The molecule has 2 atom stereocenters.